The van der Waals surface area contributed by atoms with Crippen LogP contribution in [-0.2, 0) is 19.2 Å². The van der Waals surface area contributed by atoms with Gasteiger partial charge in [0.25, 0.3) is 0 Å². The number of likely N-dealkylation sites (tertiary alicyclic amines) is 4. The average Bonchev–Trinajstić information content (AvgIpc) is 3.26. The maximum Gasteiger partial charge on any atom is 0.234 e. The van der Waals surface area contributed by atoms with Gasteiger partial charge < -0.3 is 9.80 Å². The van der Waals surface area contributed by atoms with E-state index in [0.29, 0.717) is 39.0 Å². The van der Waals surface area contributed by atoms with Crippen molar-refractivity contribution in [1.82, 2.24) is 9.80 Å². The number of quaternary nitrogens is 2. The second-order valence-corrected chi connectivity index (χ2v) is 10.1. The summed E-state index contributed by atoms with van der Waals surface area (Å²) < 4.78 is 0. The fraction of sp³-hybridized carbons (Fsp3) is 0.826. The summed E-state index contributed by atoms with van der Waals surface area (Å²) in [6, 6.07) is 0. The quantitative estimate of drug-likeness (QED) is 0.478. The van der Waals surface area contributed by atoms with Crippen molar-refractivity contribution in [3.8, 4) is 0 Å². The van der Waals surface area contributed by atoms with Crippen LogP contribution < -0.4 is 9.80 Å². The van der Waals surface area contributed by atoms with Gasteiger partial charge in [0.05, 0.1) is 26.2 Å². The average molecular weight is 435 g/mol. The minimum atomic E-state index is 0.00568. The highest BCUT2D eigenvalue weighted by Crippen LogP contribution is 2.23. The Kier molecular flexibility index (Phi) is 7.38. The Morgan fingerprint density at radius 2 is 0.903 bits per heavy atom. The molecule has 0 unspecified atom stereocenters. The van der Waals surface area contributed by atoms with Crippen LogP contribution in [0.15, 0.2) is 0 Å². The van der Waals surface area contributed by atoms with E-state index in [1.54, 1.807) is 0 Å². The van der Waals surface area contributed by atoms with Crippen LogP contribution in [-0.4, -0.2) is 72.9 Å². The highest BCUT2D eigenvalue weighted by Gasteiger charge is 2.34. The summed E-state index contributed by atoms with van der Waals surface area (Å²) in [6.45, 7) is 5.41. The first kappa shape index (κ1) is 22.4. The summed E-state index contributed by atoms with van der Waals surface area (Å²) in [6.07, 6.45) is 10.2. The first-order valence-corrected chi connectivity index (χ1v) is 12.3. The third-order valence-electron chi connectivity index (χ3n) is 7.92. The van der Waals surface area contributed by atoms with Crippen molar-refractivity contribution in [3.05, 3.63) is 0 Å². The Morgan fingerprint density at radius 1 is 0.581 bits per heavy atom. The third-order valence-corrected chi connectivity index (χ3v) is 7.92. The maximum atomic E-state index is 11.8. The van der Waals surface area contributed by atoms with E-state index < -0.39 is 0 Å². The molecule has 4 aliphatic heterocycles. The predicted octanol–water partition coefficient (Wildman–Crippen LogP) is -1.04. The van der Waals surface area contributed by atoms with Crippen LogP contribution in [0.1, 0.15) is 70.6 Å². The van der Waals surface area contributed by atoms with E-state index in [-0.39, 0.29) is 23.6 Å². The number of nitrogens with zero attached hydrogens (tertiary/aromatic N) is 2. The molecule has 172 valence electrons. The third kappa shape index (κ3) is 5.71. The molecule has 0 aromatic carbocycles. The van der Waals surface area contributed by atoms with E-state index in [4.69, 9.17) is 0 Å². The Hall–Kier alpha value is -1.80. The fourth-order valence-corrected chi connectivity index (χ4v) is 5.81. The molecule has 8 nitrogen and oxygen atoms in total. The van der Waals surface area contributed by atoms with Gasteiger partial charge in [-0.1, -0.05) is 19.3 Å². The lowest BCUT2D eigenvalue weighted by atomic mass is 9.87. The molecule has 4 amide bonds. The van der Waals surface area contributed by atoms with Gasteiger partial charge in [-0.25, -0.2) is 9.80 Å². The maximum absolute atomic E-state index is 11.8. The van der Waals surface area contributed by atoms with Gasteiger partial charge in [0, 0.05) is 25.7 Å². The van der Waals surface area contributed by atoms with Crippen LogP contribution >= 0.6 is 0 Å². The monoisotopic (exact) mass is 434 g/mol. The minimum Gasteiger partial charge on any atom is -0.317 e. The molecular weight excluding hydrogens is 396 g/mol. The molecule has 4 saturated heterocycles. The SMILES string of the molecule is O=C1CCC(=O)N1C[NH+]1CCC(CCCC2CC[NH+](CN3C(=O)CCC3=O)CC2)CC1. The molecule has 2 N–H and O–H groups in total. The number of hydrogen-bond donors (Lipinski definition) is 2. The van der Waals surface area contributed by atoms with Crippen molar-refractivity contribution in [2.45, 2.75) is 70.6 Å². The zero-order valence-electron chi connectivity index (χ0n) is 18.7. The first-order chi connectivity index (χ1) is 15.0. The zero-order valence-corrected chi connectivity index (χ0v) is 18.7. The molecule has 0 saturated carbocycles. The van der Waals surface area contributed by atoms with Crippen LogP contribution in [0.2, 0.25) is 0 Å². The summed E-state index contributed by atoms with van der Waals surface area (Å²) in [7, 11) is 0. The number of nitrogens with one attached hydrogen (secondary N) is 2. The van der Waals surface area contributed by atoms with Crippen molar-refractivity contribution in [2.75, 3.05) is 39.5 Å². The molecule has 4 heterocycles. The smallest absolute Gasteiger partial charge is 0.234 e. The molecular formula is C23H38N4O4+2. The number of amides is 4. The molecule has 8 heteroatoms. The Bertz CT molecular complexity index is 606. The summed E-state index contributed by atoms with van der Waals surface area (Å²) in [5.74, 6) is 1.59. The molecule has 31 heavy (non-hydrogen) atoms. The number of carbonyl (C=O) groups excluding carboxylic acids is 4. The van der Waals surface area contributed by atoms with Crippen molar-refractivity contribution in [3.63, 3.8) is 0 Å². The van der Waals surface area contributed by atoms with E-state index in [9.17, 15) is 19.2 Å². The number of carbonyl (C=O) groups is 4. The van der Waals surface area contributed by atoms with Crippen LogP contribution in [0.5, 0.6) is 0 Å². The van der Waals surface area contributed by atoms with Gasteiger partial charge in [-0.3, -0.25) is 19.2 Å². The normalized spacial score (nSPS) is 32.4. The van der Waals surface area contributed by atoms with Gasteiger partial charge in [0.1, 0.15) is 0 Å². The van der Waals surface area contributed by atoms with Gasteiger partial charge in [-0.05, 0) is 37.5 Å². The highest BCUT2D eigenvalue weighted by atomic mass is 16.2. The van der Waals surface area contributed by atoms with E-state index in [0.717, 1.165) is 38.0 Å². The number of imide groups is 2. The number of rotatable bonds is 8. The van der Waals surface area contributed by atoms with Gasteiger partial charge in [-0.15, -0.1) is 0 Å². The summed E-state index contributed by atoms with van der Waals surface area (Å²) in [4.78, 5) is 52.9. The molecule has 0 aromatic heterocycles. The molecule has 0 radical (unpaired) electrons. The van der Waals surface area contributed by atoms with Crippen LogP contribution in [0.3, 0.4) is 0 Å². The number of hydrogen-bond acceptors (Lipinski definition) is 4. The summed E-state index contributed by atoms with van der Waals surface area (Å²) in [5.41, 5.74) is 0. The van der Waals surface area contributed by atoms with Crippen molar-refractivity contribution in [1.29, 1.82) is 0 Å². The molecule has 0 atom stereocenters. The summed E-state index contributed by atoms with van der Waals surface area (Å²) in [5, 5.41) is 0. The molecule has 4 fully saturated rings. The fourth-order valence-electron chi connectivity index (χ4n) is 5.81. The largest absolute Gasteiger partial charge is 0.317 e. The predicted molar refractivity (Wildman–Crippen MR) is 113 cm³/mol. The highest BCUT2D eigenvalue weighted by molar-refractivity contribution is 6.02. The molecule has 0 bridgehead atoms. The van der Waals surface area contributed by atoms with Crippen molar-refractivity contribution < 1.29 is 29.0 Å². The standard InChI is InChI=1S/C23H36N4O4/c28-20-4-5-21(29)26(20)16-24-12-8-18(9-13-24)2-1-3-19-10-14-25(15-11-19)17-27-22(30)6-7-23(27)31/h18-19H,1-17H2/p+2. The van der Waals surface area contributed by atoms with E-state index in [1.165, 1.54) is 64.5 Å². The van der Waals surface area contributed by atoms with Gasteiger partial charge in [0.15, 0.2) is 13.3 Å². The lowest BCUT2D eigenvalue weighted by Gasteiger charge is -2.32. The Balaban J connectivity index is 1.07. The molecule has 4 rings (SSSR count). The molecule has 0 aliphatic carbocycles. The molecule has 0 aromatic rings. The topological polar surface area (TPSA) is 83.6 Å². The molecule has 4 aliphatic rings. The van der Waals surface area contributed by atoms with E-state index in [1.807, 2.05) is 0 Å². The van der Waals surface area contributed by atoms with E-state index >= 15 is 0 Å². The van der Waals surface area contributed by atoms with Crippen LogP contribution in [0, 0.1) is 11.8 Å². The second kappa shape index (κ2) is 10.2. The second-order valence-electron chi connectivity index (χ2n) is 10.1. The van der Waals surface area contributed by atoms with Gasteiger partial charge >= 0.3 is 0 Å². The lowest BCUT2D eigenvalue weighted by molar-refractivity contribution is -0.913. The van der Waals surface area contributed by atoms with Crippen LogP contribution in [0.4, 0.5) is 0 Å². The Labute approximate surface area is 184 Å². The van der Waals surface area contributed by atoms with Crippen LogP contribution in [0.25, 0.3) is 0 Å². The Morgan fingerprint density at radius 3 is 1.23 bits per heavy atom. The van der Waals surface area contributed by atoms with Gasteiger partial charge in [-0.2, -0.15) is 0 Å². The molecule has 0 spiro atoms. The summed E-state index contributed by atoms with van der Waals surface area (Å²) >= 11 is 0. The van der Waals surface area contributed by atoms with Crippen molar-refractivity contribution >= 4 is 23.6 Å². The van der Waals surface area contributed by atoms with Gasteiger partial charge in [0.2, 0.25) is 23.6 Å². The minimum absolute atomic E-state index is 0.00568. The zero-order chi connectivity index (χ0) is 21.8. The number of piperidine rings is 2. The van der Waals surface area contributed by atoms with Crippen molar-refractivity contribution in [2.24, 2.45) is 11.8 Å². The lowest BCUT2D eigenvalue weighted by Crippen LogP contribution is -3.14. The van der Waals surface area contributed by atoms with E-state index in [2.05, 4.69) is 0 Å². The first-order valence-electron chi connectivity index (χ1n) is 12.3.